The molecule has 1 fully saturated rings. The predicted octanol–water partition coefficient (Wildman–Crippen LogP) is 2.42. The van der Waals surface area contributed by atoms with Gasteiger partial charge in [0.2, 0.25) is 0 Å². The maximum atomic E-state index is 12.7. The van der Waals surface area contributed by atoms with Gasteiger partial charge in [-0.15, -0.1) is 0 Å². The van der Waals surface area contributed by atoms with Crippen LogP contribution < -0.4 is 25.4 Å². The Kier molecular flexibility index (Phi) is 4.35. The third kappa shape index (κ3) is 3.11. The number of imide groups is 1. The third-order valence-electron chi connectivity index (χ3n) is 4.60. The van der Waals surface area contributed by atoms with Gasteiger partial charge in [-0.2, -0.15) is 0 Å². The molecule has 0 spiro atoms. The number of carbonyl (C=O) groups excluding carboxylic acids is 3. The molecule has 1 atom stereocenters. The second-order valence-electron chi connectivity index (χ2n) is 6.55. The van der Waals surface area contributed by atoms with Crippen molar-refractivity contribution in [1.29, 1.82) is 0 Å². The maximum absolute atomic E-state index is 12.7. The molecule has 0 aliphatic carbocycles. The van der Waals surface area contributed by atoms with Gasteiger partial charge in [0.25, 0.3) is 11.8 Å². The van der Waals surface area contributed by atoms with Gasteiger partial charge in [-0.05, 0) is 36.8 Å². The lowest BCUT2D eigenvalue weighted by atomic mass is 9.92. The highest BCUT2D eigenvalue weighted by Gasteiger charge is 2.43. The van der Waals surface area contributed by atoms with Crippen LogP contribution in [0.4, 0.5) is 10.5 Å². The summed E-state index contributed by atoms with van der Waals surface area (Å²) in [5.74, 6) is -0.0291. The monoisotopic (exact) mass is 401 g/mol. The second-order valence-corrected chi connectivity index (χ2v) is 6.96. The molecule has 4 amide bonds. The Bertz CT molecular complexity index is 1010. The van der Waals surface area contributed by atoms with Crippen LogP contribution in [0.1, 0.15) is 22.8 Å². The minimum atomic E-state index is -1.21. The topological polar surface area (TPSA) is 106 Å². The molecule has 2 aliphatic heterocycles. The van der Waals surface area contributed by atoms with E-state index in [1.54, 1.807) is 37.3 Å². The number of hydrogen-bond donors (Lipinski definition) is 3. The van der Waals surface area contributed by atoms with E-state index in [1.165, 1.54) is 6.07 Å². The lowest BCUT2D eigenvalue weighted by Gasteiger charge is -2.22. The summed E-state index contributed by atoms with van der Waals surface area (Å²) in [7, 11) is 0. The summed E-state index contributed by atoms with van der Waals surface area (Å²) in [6, 6.07) is 9.19. The summed E-state index contributed by atoms with van der Waals surface area (Å²) in [4.78, 5) is 36.3. The molecule has 4 rings (SSSR count). The highest BCUT2D eigenvalue weighted by Crippen LogP contribution is 2.38. The molecule has 0 radical (unpaired) electrons. The van der Waals surface area contributed by atoms with Crippen molar-refractivity contribution in [2.45, 2.75) is 12.5 Å². The lowest BCUT2D eigenvalue weighted by Crippen LogP contribution is -2.40. The first-order valence-corrected chi connectivity index (χ1v) is 8.89. The van der Waals surface area contributed by atoms with Gasteiger partial charge in [0, 0.05) is 11.3 Å². The molecule has 2 aromatic rings. The Labute approximate surface area is 165 Å². The van der Waals surface area contributed by atoms with E-state index >= 15 is 0 Å². The molecule has 2 heterocycles. The molecule has 2 aromatic carbocycles. The fraction of sp³-hybridized carbons (Fsp3) is 0.211. The van der Waals surface area contributed by atoms with E-state index in [0.717, 1.165) is 0 Å². The molecule has 0 aromatic heterocycles. The van der Waals surface area contributed by atoms with Crippen molar-refractivity contribution in [3.63, 3.8) is 0 Å². The van der Waals surface area contributed by atoms with Crippen LogP contribution in [0.15, 0.2) is 36.4 Å². The molecule has 9 heteroatoms. The Morgan fingerprint density at radius 3 is 2.71 bits per heavy atom. The van der Waals surface area contributed by atoms with Crippen LogP contribution in [-0.2, 0) is 10.3 Å². The second kappa shape index (κ2) is 6.72. The standard InChI is InChI=1S/C19H16ClN3O5/c1-19(17(25)22-18(26)23-19)11-3-2-4-12(9-11)21-16(24)10-7-13(20)15-14(8-10)27-5-6-28-15/h2-4,7-9H,5-6H2,1H3,(H,21,24)(H2,22,23,25,26)/t19-/m1/s1. The number of rotatable bonds is 3. The Morgan fingerprint density at radius 1 is 1.18 bits per heavy atom. The van der Waals surface area contributed by atoms with Crippen molar-refractivity contribution >= 4 is 35.1 Å². The summed E-state index contributed by atoms with van der Waals surface area (Å²) < 4.78 is 10.9. The highest BCUT2D eigenvalue weighted by atomic mass is 35.5. The fourth-order valence-corrected chi connectivity index (χ4v) is 3.36. The number of nitrogens with one attached hydrogen (secondary N) is 3. The molecule has 144 valence electrons. The summed E-state index contributed by atoms with van der Waals surface area (Å²) in [6.45, 7) is 2.37. The quantitative estimate of drug-likeness (QED) is 0.685. The normalized spacial score (nSPS) is 20.4. The Morgan fingerprint density at radius 2 is 1.96 bits per heavy atom. The first-order valence-electron chi connectivity index (χ1n) is 8.51. The number of urea groups is 1. The number of amides is 4. The van der Waals surface area contributed by atoms with Crippen LogP contribution in [0, 0.1) is 0 Å². The number of benzene rings is 2. The van der Waals surface area contributed by atoms with Crippen LogP contribution in [0.3, 0.4) is 0 Å². The molecule has 1 saturated heterocycles. The zero-order chi connectivity index (χ0) is 19.9. The number of carbonyl (C=O) groups is 3. The van der Waals surface area contributed by atoms with Gasteiger partial charge in [0.05, 0.1) is 5.02 Å². The minimum Gasteiger partial charge on any atom is -0.486 e. The molecule has 28 heavy (non-hydrogen) atoms. The van der Waals surface area contributed by atoms with Crippen molar-refractivity contribution in [2.75, 3.05) is 18.5 Å². The molecule has 0 saturated carbocycles. The van der Waals surface area contributed by atoms with Crippen LogP contribution in [0.5, 0.6) is 11.5 Å². The molecular weight excluding hydrogens is 386 g/mol. The van der Waals surface area contributed by atoms with E-state index < -0.39 is 23.4 Å². The number of fused-ring (bicyclic) bond motifs is 1. The van der Waals surface area contributed by atoms with Gasteiger partial charge in [-0.3, -0.25) is 14.9 Å². The van der Waals surface area contributed by atoms with Gasteiger partial charge >= 0.3 is 6.03 Å². The average molecular weight is 402 g/mol. The van der Waals surface area contributed by atoms with Crippen molar-refractivity contribution in [2.24, 2.45) is 0 Å². The van der Waals surface area contributed by atoms with Crippen LogP contribution in [0.25, 0.3) is 0 Å². The summed E-state index contributed by atoms with van der Waals surface area (Å²) >= 11 is 6.18. The summed E-state index contributed by atoms with van der Waals surface area (Å²) in [5, 5.41) is 7.85. The van der Waals surface area contributed by atoms with E-state index in [0.29, 0.717) is 41.5 Å². The maximum Gasteiger partial charge on any atom is 0.322 e. The number of halogens is 1. The van der Waals surface area contributed by atoms with Crippen LogP contribution in [0.2, 0.25) is 5.02 Å². The third-order valence-corrected chi connectivity index (χ3v) is 4.88. The largest absolute Gasteiger partial charge is 0.486 e. The molecule has 2 aliphatic rings. The highest BCUT2D eigenvalue weighted by molar-refractivity contribution is 6.32. The Balaban J connectivity index is 1.58. The van der Waals surface area contributed by atoms with Crippen LogP contribution >= 0.6 is 11.6 Å². The summed E-state index contributed by atoms with van der Waals surface area (Å²) in [5.41, 5.74) is 0.0910. The van der Waals surface area contributed by atoms with E-state index in [1.807, 2.05) is 0 Å². The predicted molar refractivity (Wildman–Crippen MR) is 101 cm³/mol. The zero-order valence-corrected chi connectivity index (χ0v) is 15.6. The lowest BCUT2D eigenvalue weighted by molar-refractivity contribution is -0.123. The Hall–Kier alpha value is -3.26. The van der Waals surface area contributed by atoms with Gasteiger partial charge in [0.1, 0.15) is 18.8 Å². The minimum absolute atomic E-state index is 0.286. The molecule has 0 bridgehead atoms. The van der Waals surface area contributed by atoms with E-state index in [2.05, 4.69) is 16.0 Å². The molecule has 8 nitrogen and oxygen atoms in total. The molecule has 3 N–H and O–H groups in total. The smallest absolute Gasteiger partial charge is 0.322 e. The van der Waals surface area contributed by atoms with Gasteiger partial charge < -0.3 is 20.1 Å². The molecular formula is C19H16ClN3O5. The van der Waals surface area contributed by atoms with E-state index in [-0.39, 0.29) is 5.02 Å². The first kappa shape index (κ1) is 18.1. The van der Waals surface area contributed by atoms with E-state index in [4.69, 9.17) is 21.1 Å². The van der Waals surface area contributed by atoms with Gasteiger partial charge in [-0.25, -0.2) is 4.79 Å². The van der Waals surface area contributed by atoms with Gasteiger partial charge in [0.15, 0.2) is 11.5 Å². The number of ether oxygens (including phenoxy) is 2. The number of anilines is 1. The van der Waals surface area contributed by atoms with Crippen molar-refractivity contribution in [3.8, 4) is 11.5 Å². The van der Waals surface area contributed by atoms with E-state index in [9.17, 15) is 14.4 Å². The fourth-order valence-electron chi connectivity index (χ4n) is 3.10. The number of hydrogen-bond acceptors (Lipinski definition) is 5. The van der Waals surface area contributed by atoms with Gasteiger partial charge in [-0.1, -0.05) is 23.7 Å². The summed E-state index contributed by atoms with van der Waals surface area (Å²) in [6.07, 6.45) is 0. The van der Waals surface area contributed by atoms with Crippen molar-refractivity contribution in [1.82, 2.24) is 10.6 Å². The van der Waals surface area contributed by atoms with Crippen LogP contribution in [-0.4, -0.2) is 31.1 Å². The average Bonchev–Trinajstić information content (AvgIpc) is 2.94. The van der Waals surface area contributed by atoms with Crippen molar-refractivity contribution < 1.29 is 23.9 Å². The molecule has 0 unspecified atom stereocenters. The zero-order valence-electron chi connectivity index (χ0n) is 14.8. The van der Waals surface area contributed by atoms with Crippen molar-refractivity contribution in [3.05, 3.63) is 52.5 Å². The SMILES string of the molecule is C[C@]1(c2cccc(NC(=O)c3cc(Cl)c4c(c3)OCCO4)c2)NC(=O)NC1=O. The first-order chi connectivity index (χ1) is 13.4.